The van der Waals surface area contributed by atoms with Gasteiger partial charge in [-0.1, -0.05) is 13.8 Å². The number of carbonyl (C=O) groups excluding carboxylic acids is 1. The molecule has 0 radical (unpaired) electrons. The van der Waals surface area contributed by atoms with Gasteiger partial charge in [0.1, 0.15) is 0 Å². The molecule has 4 heteroatoms. The highest BCUT2D eigenvalue weighted by molar-refractivity contribution is 5.82. The molecule has 1 amide bonds. The Morgan fingerprint density at radius 1 is 1.33 bits per heavy atom. The number of likely N-dealkylation sites (N-methyl/N-ethyl adjacent to an activating group) is 1. The highest BCUT2D eigenvalue weighted by Crippen LogP contribution is 2.19. The van der Waals surface area contributed by atoms with E-state index in [9.17, 15) is 4.79 Å². The maximum Gasteiger partial charge on any atom is 0.240 e. The van der Waals surface area contributed by atoms with E-state index in [4.69, 9.17) is 0 Å². The third-order valence-electron chi connectivity index (χ3n) is 3.86. The van der Waals surface area contributed by atoms with Crippen molar-refractivity contribution in [3.05, 3.63) is 0 Å². The number of carbonyl (C=O) groups is 1. The number of nitrogens with one attached hydrogen (secondary N) is 1. The minimum absolute atomic E-state index is 0.0193. The van der Waals surface area contributed by atoms with E-state index in [0.29, 0.717) is 11.8 Å². The summed E-state index contributed by atoms with van der Waals surface area (Å²) in [4.78, 5) is 16.6. The molecular weight excluding hydrogens is 226 g/mol. The normalized spacial score (nSPS) is 19.6. The number of piperidine rings is 1. The lowest BCUT2D eigenvalue weighted by atomic mass is 9.95. The zero-order valence-corrected chi connectivity index (χ0v) is 12.6. The number of hydrogen-bond acceptors (Lipinski definition) is 3. The Bertz CT molecular complexity index is 250. The maximum atomic E-state index is 12.5. The van der Waals surface area contributed by atoms with Crippen LogP contribution in [0.5, 0.6) is 0 Å². The molecule has 1 fully saturated rings. The second-order valence-corrected chi connectivity index (χ2v) is 5.98. The van der Waals surface area contributed by atoms with Crippen molar-refractivity contribution in [1.82, 2.24) is 15.1 Å². The van der Waals surface area contributed by atoms with Crippen LogP contribution < -0.4 is 5.32 Å². The van der Waals surface area contributed by atoms with Gasteiger partial charge in [0, 0.05) is 13.1 Å². The van der Waals surface area contributed by atoms with Gasteiger partial charge in [0.25, 0.3) is 0 Å². The third kappa shape index (κ3) is 3.95. The zero-order chi connectivity index (χ0) is 13.7. The molecule has 0 saturated carbocycles. The molecule has 18 heavy (non-hydrogen) atoms. The Hall–Kier alpha value is -0.610. The van der Waals surface area contributed by atoms with Crippen LogP contribution in [0.25, 0.3) is 0 Å². The first-order valence-electron chi connectivity index (χ1n) is 7.07. The van der Waals surface area contributed by atoms with Crippen LogP contribution >= 0.6 is 0 Å². The molecule has 1 aliphatic heterocycles. The van der Waals surface area contributed by atoms with Gasteiger partial charge in [-0.2, -0.15) is 0 Å². The fourth-order valence-electron chi connectivity index (χ4n) is 2.94. The van der Waals surface area contributed by atoms with Crippen molar-refractivity contribution in [2.24, 2.45) is 11.8 Å². The van der Waals surface area contributed by atoms with E-state index in [0.717, 1.165) is 38.4 Å². The standard InChI is InChI=1S/C14H29N3O/c1-11(2)13(16(4)5)14(18)17-8-6-12(7-9-17)10-15-3/h11-13,15H,6-10H2,1-5H3. The summed E-state index contributed by atoms with van der Waals surface area (Å²) in [6.45, 7) is 7.15. The average molecular weight is 255 g/mol. The molecule has 1 N–H and O–H groups in total. The third-order valence-corrected chi connectivity index (χ3v) is 3.86. The summed E-state index contributed by atoms with van der Waals surface area (Å²) >= 11 is 0. The molecule has 1 heterocycles. The van der Waals surface area contributed by atoms with Crippen LogP contribution in [0.1, 0.15) is 26.7 Å². The molecule has 0 spiro atoms. The summed E-state index contributed by atoms with van der Waals surface area (Å²) in [7, 11) is 5.99. The quantitative estimate of drug-likeness (QED) is 0.797. The van der Waals surface area contributed by atoms with Crippen molar-refractivity contribution in [3.63, 3.8) is 0 Å². The van der Waals surface area contributed by atoms with E-state index >= 15 is 0 Å². The van der Waals surface area contributed by atoms with Gasteiger partial charge in [0.15, 0.2) is 0 Å². The molecule has 1 unspecified atom stereocenters. The van der Waals surface area contributed by atoms with Gasteiger partial charge in [-0.25, -0.2) is 0 Å². The summed E-state index contributed by atoms with van der Waals surface area (Å²) in [5, 5.41) is 3.23. The fourth-order valence-corrected chi connectivity index (χ4v) is 2.94. The number of amides is 1. The molecular formula is C14H29N3O. The monoisotopic (exact) mass is 255 g/mol. The minimum atomic E-state index is 0.0193. The van der Waals surface area contributed by atoms with E-state index in [1.165, 1.54) is 0 Å². The largest absolute Gasteiger partial charge is 0.341 e. The number of nitrogens with zero attached hydrogens (tertiary/aromatic N) is 2. The van der Waals surface area contributed by atoms with E-state index in [2.05, 4.69) is 24.1 Å². The summed E-state index contributed by atoms with van der Waals surface area (Å²) in [6, 6.07) is 0.0193. The highest BCUT2D eigenvalue weighted by Gasteiger charge is 2.31. The molecule has 1 rings (SSSR count). The van der Waals surface area contributed by atoms with Crippen molar-refractivity contribution < 1.29 is 4.79 Å². The second-order valence-electron chi connectivity index (χ2n) is 5.98. The average Bonchev–Trinajstić information content (AvgIpc) is 2.29. The van der Waals surface area contributed by atoms with Crippen molar-refractivity contribution in [2.45, 2.75) is 32.7 Å². The molecule has 1 atom stereocenters. The van der Waals surface area contributed by atoms with E-state index < -0.39 is 0 Å². The van der Waals surface area contributed by atoms with Gasteiger partial charge < -0.3 is 10.2 Å². The lowest BCUT2D eigenvalue weighted by molar-refractivity contribution is -0.139. The van der Waals surface area contributed by atoms with Gasteiger partial charge in [0.05, 0.1) is 6.04 Å². The molecule has 0 aliphatic carbocycles. The van der Waals surface area contributed by atoms with Crippen LogP contribution in [0.3, 0.4) is 0 Å². The van der Waals surface area contributed by atoms with Crippen molar-refractivity contribution in [1.29, 1.82) is 0 Å². The van der Waals surface area contributed by atoms with Gasteiger partial charge in [-0.05, 0) is 52.4 Å². The van der Waals surface area contributed by atoms with Crippen LogP contribution in [-0.2, 0) is 4.79 Å². The number of likely N-dealkylation sites (tertiary alicyclic amines) is 1. The first-order valence-corrected chi connectivity index (χ1v) is 7.07. The summed E-state index contributed by atoms with van der Waals surface area (Å²) in [5.41, 5.74) is 0. The Labute approximate surface area is 112 Å². The Morgan fingerprint density at radius 3 is 2.28 bits per heavy atom. The van der Waals surface area contributed by atoms with Gasteiger partial charge in [-0.15, -0.1) is 0 Å². The molecule has 0 bridgehead atoms. The molecule has 0 aromatic heterocycles. The number of rotatable bonds is 5. The predicted octanol–water partition coefficient (Wildman–Crippen LogP) is 1.03. The minimum Gasteiger partial charge on any atom is -0.341 e. The first-order chi connectivity index (χ1) is 8.47. The lowest BCUT2D eigenvalue weighted by Crippen LogP contribution is -2.51. The van der Waals surface area contributed by atoms with Crippen LogP contribution in [0.15, 0.2) is 0 Å². The highest BCUT2D eigenvalue weighted by atomic mass is 16.2. The second kappa shape index (κ2) is 7.10. The van der Waals surface area contributed by atoms with Crippen LogP contribution in [-0.4, -0.2) is 62.5 Å². The smallest absolute Gasteiger partial charge is 0.240 e. The Kier molecular flexibility index (Phi) is 6.09. The van der Waals surface area contributed by atoms with E-state index in [1.54, 1.807) is 0 Å². The molecule has 1 aliphatic rings. The van der Waals surface area contributed by atoms with Crippen molar-refractivity contribution in [3.8, 4) is 0 Å². The first kappa shape index (κ1) is 15.4. The topological polar surface area (TPSA) is 35.6 Å². The summed E-state index contributed by atoms with van der Waals surface area (Å²) < 4.78 is 0. The maximum absolute atomic E-state index is 12.5. The van der Waals surface area contributed by atoms with E-state index in [1.807, 2.05) is 26.0 Å². The van der Waals surface area contributed by atoms with Crippen molar-refractivity contribution >= 4 is 5.91 Å². The fraction of sp³-hybridized carbons (Fsp3) is 0.929. The van der Waals surface area contributed by atoms with Crippen molar-refractivity contribution in [2.75, 3.05) is 40.8 Å². The van der Waals surface area contributed by atoms with E-state index in [-0.39, 0.29) is 6.04 Å². The summed E-state index contributed by atoms with van der Waals surface area (Å²) in [5.74, 6) is 1.40. The van der Waals surface area contributed by atoms with Crippen LogP contribution in [0, 0.1) is 11.8 Å². The van der Waals surface area contributed by atoms with Crippen LogP contribution in [0.4, 0.5) is 0 Å². The zero-order valence-electron chi connectivity index (χ0n) is 12.6. The summed E-state index contributed by atoms with van der Waals surface area (Å²) in [6.07, 6.45) is 2.26. The Balaban J connectivity index is 2.53. The molecule has 0 aromatic carbocycles. The molecule has 4 nitrogen and oxygen atoms in total. The number of hydrogen-bond donors (Lipinski definition) is 1. The van der Waals surface area contributed by atoms with Gasteiger partial charge in [-0.3, -0.25) is 9.69 Å². The lowest BCUT2D eigenvalue weighted by Gasteiger charge is -2.37. The molecule has 106 valence electrons. The van der Waals surface area contributed by atoms with Gasteiger partial charge >= 0.3 is 0 Å². The Morgan fingerprint density at radius 2 is 1.89 bits per heavy atom. The van der Waals surface area contributed by atoms with Crippen LogP contribution in [0.2, 0.25) is 0 Å². The molecule has 1 saturated heterocycles. The predicted molar refractivity (Wildman–Crippen MR) is 75.5 cm³/mol. The molecule has 0 aromatic rings. The SMILES string of the molecule is CNCC1CCN(C(=O)C(C(C)C)N(C)C)CC1. The van der Waals surface area contributed by atoms with Gasteiger partial charge in [0.2, 0.25) is 5.91 Å².